The van der Waals surface area contributed by atoms with Crippen LogP contribution in [0.2, 0.25) is 0 Å². The predicted octanol–water partition coefficient (Wildman–Crippen LogP) is 0.656. The van der Waals surface area contributed by atoms with E-state index >= 15 is 0 Å². The summed E-state index contributed by atoms with van der Waals surface area (Å²) in [5, 5.41) is 0. The molecule has 6 heavy (non-hydrogen) atoms. The molecule has 6 heteroatoms. The van der Waals surface area contributed by atoms with Gasteiger partial charge in [-0.2, -0.15) is 0 Å². The molecule has 0 saturated heterocycles. The predicted molar refractivity (Wildman–Crippen MR) is 35.8 cm³/mol. The highest BCUT2D eigenvalue weighted by Gasteiger charge is 1.85. The molecule has 0 radical (unpaired) electrons. The van der Waals surface area contributed by atoms with Crippen LogP contribution >= 0.6 is 33.2 Å². The lowest BCUT2D eigenvalue weighted by molar-refractivity contribution is 0.902. The topological polar surface area (TPSA) is 0 Å². The minimum atomic E-state index is -1.72. The minimum absolute atomic E-state index is 0.194. The highest BCUT2D eigenvalue weighted by atomic mass is 35.8. The lowest BCUT2D eigenvalue weighted by atomic mass is 18.9. The van der Waals surface area contributed by atoms with Crippen molar-refractivity contribution in [1.82, 2.24) is 0 Å². The van der Waals surface area contributed by atoms with Gasteiger partial charge < -0.3 is 4.11 Å². The zero-order chi connectivity index (χ0) is 5.58. The second-order valence-electron chi connectivity index (χ2n) is 0.247. The number of rotatable bonds is 0. The molecular weight excluding hydrogens is 182 g/mol. The summed E-state index contributed by atoms with van der Waals surface area (Å²) < 4.78 is 9.64. The molecule has 0 N–H and O–H groups in total. The average Bonchev–Trinajstić information content (AvgIpc) is 1.41. The molecule has 0 unspecified atom stereocenters. The van der Waals surface area contributed by atoms with E-state index < -0.39 is 6.73 Å². The van der Waals surface area contributed by atoms with E-state index in [0.717, 1.165) is 0 Å². The molecule has 0 saturated carbocycles. The monoisotopic (exact) mass is 184 g/mol. The summed E-state index contributed by atoms with van der Waals surface area (Å²) in [6, 6.07) is 0. The summed E-state index contributed by atoms with van der Waals surface area (Å²) in [6.45, 7) is -1.72. The van der Waals surface area contributed by atoms with E-state index in [1.54, 1.807) is 0 Å². The van der Waals surface area contributed by atoms with Crippen LogP contribution in [-0.4, -0.2) is 17.3 Å². The smallest absolute Gasteiger partial charge is 0.326 e. The van der Waals surface area contributed by atoms with Crippen LogP contribution < -0.4 is 0 Å². The van der Waals surface area contributed by atoms with Crippen LogP contribution in [0.5, 0.6) is 0 Å². The molecule has 0 rings (SSSR count). The highest BCUT2D eigenvalue weighted by molar-refractivity contribution is 7.54. The van der Waals surface area contributed by atoms with Gasteiger partial charge in [0, 0.05) is 0 Å². The van der Waals surface area contributed by atoms with Gasteiger partial charge in [-0.3, -0.25) is 0 Å². The summed E-state index contributed by atoms with van der Waals surface area (Å²) in [7, 11) is -0.194. The van der Waals surface area contributed by atoms with E-state index in [1.165, 1.54) is 0 Å². The summed E-state index contributed by atoms with van der Waals surface area (Å²) in [4.78, 5) is 0. The van der Waals surface area contributed by atoms with E-state index in [4.69, 9.17) is 33.2 Å². The Labute approximate surface area is 54.9 Å². The van der Waals surface area contributed by atoms with Crippen LogP contribution in [0.25, 0.3) is 0 Å². The molecular formula is H4Cl3FSi2. The molecule has 0 aromatic rings. The van der Waals surface area contributed by atoms with E-state index in [1.807, 2.05) is 0 Å². The largest absolute Gasteiger partial charge is 0.327 e. The number of hydrogen-bond donors (Lipinski definition) is 0. The molecule has 0 aliphatic heterocycles. The molecule has 0 bridgehead atoms. The van der Waals surface area contributed by atoms with Crippen molar-refractivity contribution < 1.29 is 4.11 Å². The summed E-state index contributed by atoms with van der Waals surface area (Å²) in [6.07, 6.45) is 0. The van der Waals surface area contributed by atoms with Crippen LogP contribution in [0.15, 0.2) is 0 Å². The van der Waals surface area contributed by atoms with Crippen LogP contribution in [0.3, 0.4) is 0 Å². The molecule has 0 aromatic carbocycles. The first-order valence-electron chi connectivity index (χ1n) is 1.03. The van der Waals surface area contributed by atoms with Crippen molar-refractivity contribution in [1.29, 1.82) is 0 Å². The van der Waals surface area contributed by atoms with Crippen molar-refractivity contribution >= 4 is 50.5 Å². The third-order valence-electron chi connectivity index (χ3n) is 0. The van der Waals surface area contributed by atoms with Crippen LogP contribution in [0, 0.1) is 0 Å². The minimum Gasteiger partial charge on any atom is -0.327 e. The van der Waals surface area contributed by atoms with E-state index in [2.05, 4.69) is 0 Å². The fourth-order valence-corrected chi connectivity index (χ4v) is 0. The van der Waals surface area contributed by atoms with Gasteiger partial charge in [0.05, 0.1) is 0 Å². The Balaban J connectivity index is 0. The Morgan fingerprint density at radius 2 is 1.17 bits per heavy atom. The van der Waals surface area contributed by atoms with E-state index in [9.17, 15) is 4.11 Å². The quantitative estimate of drug-likeness (QED) is 0.384. The Hall–Kier alpha value is 1.23. The molecule has 40 valence electrons. The first-order valence-corrected chi connectivity index (χ1v) is 7.03. The molecule has 0 fully saturated rings. The van der Waals surface area contributed by atoms with Crippen molar-refractivity contribution in [2.45, 2.75) is 0 Å². The van der Waals surface area contributed by atoms with Crippen molar-refractivity contribution in [2.24, 2.45) is 0 Å². The molecule has 0 aromatic heterocycles. The van der Waals surface area contributed by atoms with Crippen molar-refractivity contribution in [3.05, 3.63) is 0 Å². The van der Waals surface area contributed by atoms with Gasteiger partial charge in [0.2, 0.25) is 10.6 Å². The van der Waals surface area contributed by atoms with Crippen molar-refractivity contribution in [2.75, 3.05) is 0 Å². The van der Waals surface area contributed by atoms with Gasteiger partial charge in [-0.05, 0) is 0 Å². The van der Waals surface area contributed by atoms with Gasteiger partial charge in [0.15, 0.2) is 0 Å². The van der Waals surface area contributed by atoms with Gasteiger partial charge in [-0.1, -0.05) is 0 Å². The Morgan fingerprint density at radius 1 is 1.17 bits per heavy atom. The second-order valence-corrected chi connectivity index (χ2v) is 6.68. The maximum Gasteiger partial charge on any atom is 0.326 e. The average molecular weight is 186 g/mol. The summed E-state index contributed by atoms with van der Waals surface area (Å²) >= 11 is 14.8. The summed E-state index contributed by atoms with van der Waals surface area (Å²) in [5.41, 5.74) is 0. The number of halogens is 4. The molecule has 0 nitrogen and oxygen atoms in total. The second kappa shape index (κ2) is 9.53. The van der Waals surface area contributed by atoms with Crippen molar-refractivity contribution in [3.63, 3.8) is 0 Å². The van der Waals surface area contributed by atoms with Crippen LogP contribution in [-0.2, 0) is 0 Å². The molecule has 0 amide bonds. The first-order chi connectivity index (χ1) is 2.73. The lowest BCUT2D eigenvalue weighted by Crippen LogP contribution is -1.66. The third kappa shape index (κ3) is 61.6. The van der Waals surface area contributed by atoms with Gasteiger partial charge in [0.25, 0.3) is 0 Å². The lowest BCUT2D eigenvalue weighted by Gasteiger charge is -1.65. The molecule has 0 spiro atoms. The summed E-state index contributed by atoms with van der Waals surface area (Å²) in [5.74, 6) is 0. The van der Waals surface area contributed by atoms with Gasteiger partial charge in [-0.15, -0.1) is 33.2 Å². The molecule has 0 aliphatic carbocycles. The standard InChI is InChI=1S/Cl3HSi.FH3Si/c1-4(2)3;1-2/h4H;2H3. The fourth-order valence-electron chi connectivity index (χ4n) is 0. The Kier molecular flexibility index (Phi) is 16.3. The molecule has 0 atom stereocenters. The van der Waals surface area contributed by atoms with E-state index in [0.29, 0.717) is 0 Å². The van der Waals surface area contributed by atoms with Crippen molar-refractivity contribution in [3.8, 4) is 0 Å². The Bertz CT molecular complexity index is 13.5. The zero-order valence-corrected chi connectivity index (χ0v) is 8.51. The molecule has 0 heterocycles. The number of hydrogen-bond acceptors (Lipinski definition) is 0. The normalized spacial score (nSPS) is 7.50. The first kappa shape index (κ1) is 10.3. The fraction of sp³-hybridized carbons (Fsp3) is 0. The van der Waals surface area contributed by atoms with Gasteiger partial charge in [-0.25, -0.2) is 0 Å². The highest BCUT2D eigenvalue weighted by Crippen LogP contribution is 1.97. The maximum atomic E-state index is 9.64. The van der Waals surface area contributed by atoms with Gasteiger partial charge >= 0.3 is 6.73 Å². The molecule has 0 aliphatic rings. The van der Waals surface area contributed by atoms with Crippen LogP contribution in [0.4, 0.5) is 4.11 Å². The third-order valence-corrected chi connectivity index (χ3v) is 0. The SMILES string of the molecule is Cl[SiH](Cl)Cl.F[SiH3]. The zero-order valence-electron chi connectivity index (χ0n) is 3.09. The van der Waals surface area contributed by atoms with Gasteiger partial charge in [0.1, 0.15) is 0 Å². The Morgan fingerprint density at radius 3 is 1.17 bits per heavy atom. The maximum absolute atomic E-state index is 9.64. The van der Waals surface area contributed by atoms with E-state index in [-0.39, 0.29) is 10.6 Å². The van der Waals surface area contributed by atoms with Crippen LogP contribution in [0.1, 0.15) is 0 Å².